The molecule has 1 saturated carbocycles. The molecule has 0 atom stereocenters. The molecule has 1 N–H and O–H groups in total. The Morgan fingerprint density at radius 3 is 2.36 bits per heavy atom. The molecule has 1 fully saturated rings. The molecule has 0 saturated heterocycles. The predicted octanol–water partition coefficient (Wildman–Crippen LogP) is 1.08. The topological polar surface area (TPSA) is 15.3 Å². The van der Waals surface area contributed by atoms with Crippen LogP contribution in [0.2, 0.25) is 0 Å². The maximum atomic E-state index is 3.51. The zero-order valence-electron chi connectivity index (χ0n) is 7.77. The molecule has 1 aliphatic carbocycles. The molecular formula is C9H20N2. The van der Waals surface area contributed by atoms with Crippen LogP contribution in [0, 0.1) is 0 Å². The SMILES string of the molecule is CCN(CC)CCNC1CC1. The van der Waals surface area contributed by atoms with Crippen LogP contribution < -0.4 is 5.32 Å². The first-order valence-electron chi connectivity index (χ1n) is 4.82. The molecule has 66 valence electrons. The fraction of sp³-hybridized carbons (Fsp3) is 1.00. The molecule has 0 radical (unpaired) electrons. The second-order valence-corrected chi connectivity index (χ2v) is 3.26. The van der Waals surface area contributed by atoms with Gasteiger partial charge in [0, 0.05) is 19.1 Å². The Hall–Kier alpha value is -0.0800. The summed E-state index contributed by atoms with van der Waals surface area (Å²) in [6.45, 7) is 9.20. The van der Waals surface area contributed by atoms with Crippen LogP contribution in [-0.2, 0) is 0 Å². The molecule has 0 amide bonds. The van der Waals surface area contributed by atoms with E-state index in [-0.39, 0.29) is 0 Å². The van der Waals surface area contributed by atoms with Gasteiger partial charge < -0.3 is 10.2 Å². The summed E-state index contributed by atoms with van der Waals surface area (Å²) in [5.41, 5.74) is 0. The van der Waals surface area contributed by atoms with Gasteiger partial charge in [0.15, 0.2) is 0 Å². The molecule has 11 heavy (non-hydrogen) atoms. The van der Waals surface area contributed by atoms with E-state index in [0.717, 1.165) is 6.04 Å². The Bertz CT molecular complexity index is 95.7. The van der Waals surface area contributed by atoms with Crippen LogP contribution in [0.5, 0.6) is 0 Å². The van der Waals surface area contributed by atoms with Gasteiger partial charge >= 0.3 is 0 Å². The van der Waals surface area contributed by atoms with E-state index in [0.29, 0.717) is 0 Å². The van der Waals surface area contributed by atoms with E-state index in [9.17, 15) is 0 Å². The van der Waals surface area contributed by atoms with E-state index in [2.05, 4.69) is 24.1 Å². The largest absolute Gasteiger partial charge is 0.313 e. The number of rotatable bonds is 6. The summed E-state index contributed by atoms with van der Waals surface area (Å²) in [7, 11) is 0. The van der Waals surface area contributed by atoms with Crippen molar-refractivity contribution >= 4 is 0 Å². The van der Waals surface area contributed by atoms with E-state index in [1.54, 1.807) is 0 Å². The highest BCUT2D eigenvalue weighted by Gasteiger charge is 2.19. The van der Waals surface area contributed by atoms with Crippen LogP contribution in [0.25, 0.3) is 0 Å². The van der Waals surface area contributed by atoms with Crippen LogP contribution in [0.3, 0.4) is 0 Å². The minimum atomic E-state index is 0.866. The third-order valence-electron chi connectivity index (χ3n) is 2.33. The Morgan fingerprint density at radius 2 is 1.91 bits per heavy atom. The van der Waals surface area contributed by atoms with E-state index in [4.69, 9.17) is 0 Å². The van der Waals surface area contributed by atoms with Crippen molar-refractivity contribution in [3.8, 4) is 0 Å². The highest BCUT2D eigenvalue weighted by atomic mass is 15.1. The van der Waals surface area contributed by atoms with Gasteiger partial charge in [-0.05, 0) is 25.9 Å². The lowest BCUT2D eigenvalue weighted by molar-refractivity contribution is 0.302. The van der Waals surface area contributed by atoms with Gasteiger partial charge in [-0.15, -0.1) is 0 Å². The van der Waals surface area contributed by atoms with Crippen molar-refractivity contribution in [1.29, 1.82) is 0 Å². The minimum absolute atomic E-state index is 0.866. The molecule has 0 heterocycles. The Kier molecular flexibility index (Phi) is 3.87. The quantitative estimate of drug-likeness (QED) is 0.619. The van der Waals surface area contributed by atoms with Crippen molar-refractivity contribution in [2.75, 3.05) is 26.2 Å². The second-order valence-electron chi connectivity index (χ2n) is 3.26. The summed E-state index contributed by atoms with van der Waals surface area (Å²) in [4.78, 5) is 2.45. The van der Waals surface area contributed by atoms with E-state index >= 15 is 0 Å². The summed E-state index contributed by atoms with van der Waals surface area (Å²) < 4.78 is 0. The van der Waals surface area contributed by atoms with E-state index in [1.165, 1.54) is 39.0 Å². The lowest BCUT2D eigenvalue weighted by Crippen LogP contribution is -2.32. The molecule has 0 unspecified atom stereocenters. The smallest absolute Gasteiger partial charge is 0.0107 e. The number of hydrogen-bond donors (Lipinski definition) is 1. The van der Waals surface area contributed by atoms with Gasteiger partial charge in [0.2, 0.25) is 0 Å². The highest BCUT2D eigenvalue weighted by molar-refractivity contribution is 4.80. The lowest BCUT2D eigenvalue weighted by Gasteiger charge is -2.17. The van der Waals surface area contributed by atoms with Gasteiger partial charge in [-0.3, -0.25) is 0 Å². The molecule has 0 aliphatic heterocycles. The van der Waals surface area contributed by atoms with E-state index in [1.807, 2.05) is 0 Å². The van der Waals surface area contributed by atoms with Crippen molar-refractivity contribution in [2.24, 2.45) is 0 Å². The average molecular weight is 156 g/mol. The fourth-order valence-electron chi connectivity index (χ4n) is 1.25. The van der Waals surface area contributed by atoms with Crippen molar-refractivity contribution in [1.82, 2.24) is 10.2 Å². The standard InChI is InChI=1S/C9H20N2/c1-3-11(4-2)8-7-10-9-5-6-9/h9-10H,3-8H2,1-2H3. The first kappa shape index (κ1) is 9.01. The lowest BCUT2D eigenvalue weighted by atomic mass is 10.4. The first-order valence-corrected chi connectivity index (χ1v) is 4.82. The van der Waals surface area contributed by atoms with Crippen molar-refractivity contribution in [3.05, 3.63) is 0 Å². The summed E-state index contributed by atoms with van der Waals surface area (Å²) in [6, 6.07) is 0.866. The molecule has 0 aromatic heterocycles. The normalized spacial score (nSPS) is 17.7. The van der Waals surface area contributed by atoms with Gasteiger partial charge in [-0.1, -0.05) is 13.8 Å². The summed E-state index contributed by atoms with van der Waals surface area (Å²) in [5, 5.41) is 3.51. The van der Waals surface area contributed by atoms with Crippen molar-refractivity contribution in [2.45, 2.75) is 32.7 Å². The zero-order chi connectivity index (χ0) is 8.10. The molecule has 2 heteroatoms. The number of nitrogens with zero attached hydrogens (tertiary/aromatic N) is 1. The Morgan fingerprint density at radius 1 is 1.27 bits per heavy atom. The third kappa shape index (κ3) is 3.73. The fourth-order valence-corrected chi connectivity index (χ4v) is 1.25. The molecule has 0 spiro atoms. The van der Waals surface area contributed by atoms with Crippen molar-refractivity contribution < 1.29 is 0 Å². The molecule has 1 rings (SSSR count). The van der Waals surface area contributed by atoms with Crippen LogP contribution in [0.15, 0.2) is 0 Å². The molecule has 2 nitrogen and oxygen atoms in total. The first-order chi connectivity index (χ1) is 5.36. The van der Waals surface area contributed by atoms with Crippen LogP contribution >= 0.6 is 0 Å². The van der Waals surface area contributed by atoms with Crippen molar-refractivity contribution in [3.63, 3.8) is 0 Å². The molecule has 0 bridgehead atoms. The maximum Gasteiger partial charge on any atom is 0.0107 e. The number of hydrogen-bond acceptors (Lipinski definition) is 2. The number of nitrogens with one attached hydrogen (secondary N) is 1. The predicted molar refractivity (Wildman–Crippen MR) is 48.8 cm³/mol. The maximum absolute atomic E-state index is 3.51. The number of likely N-dealkylation sites (N-methyl/N-ethyl adjacent to an activating group) is 1. The third-order valence-corrected chi connectivity index (χ3v) is 2.33. The summed E-state index contributed by atoms with van der Waals surface area (Å²) >= 11 is 0. The van der Waals surface area contributed by atoms with Gasteiger partial charge in [0.1, 0.15) is 0 Å². The van der Waals surface area contributed by atoms with Crippen LogP contribution in [-0.4, -0.2) is 37.1 Å². The molecule has 0 aromatic carbocycles. The zero-order valence-corrected chi connectivity index (χ0v) is 7.77. The van der Waals surface area contributed by atoms with Crippen LogP contribution in [0.1, 0.15) is 26.7 Å². The average Bonchev–Trinajstić information content (AvgIpc) is 2.82. The summed E-state index contributed by atoms with van der Waals surface area (Å²) in [5.74, 6) is 0. The molecular weight excluding hydrogens is 136 g/mol. The van der Waals surface area contributed by atoms with Gasteiger partial charge in [0.05, 0.1) is 0 Å². The van der Waals surface area contributed by atoms with Gasteiger partial charge in [-0.25, -0.2) is 0 Å². The van der Waals surface area contributed by atoms with E-state index < -0.39 is 0 Å². The van der Waals surface area contributed by atoms with Crippen LogP contribution in [0.4, 0.5) is 0 Å². The summed E-state index contributed by atoms with van der Waals surface area (Å²) in [6.07, 6.45) is 2.80. The molecule has 0 aromatic rings. The highest BCUT2D eigenvalue weighted by Crippen LogP contribution is 2.17. The Balaban J connectivity index is 1.90. The van der Waals surface area contributed by atoms with Gasteiger partial charge in [0.25, 0.3) is 0 Å². The second kappa shape index (κ2) is 4.73. The van der Waals surface area contributed by atoms with Gasteiger partial charge in [-0.2, -0.15) is 0 Å². The monoisotopic (exact) mass is 156 g/mol. The molecule has 1 aliphatic rings. The minimum Gasteiger partial charge on any atom is -0.313 e. The Labute approximate surface area is 70.0 Å².